The van der Waals surface area contributed by atoms with Crippen LogP contribution in [-0.4, -0.2) is 5.11 Å². The molecule has 2 N–H and O–H groups in total. The highest BCUT2D eigenvalue weighted by atomic mass is 35.5. The summed E-state index contributed by atoms with van der Waals surface area (Å²) in [7, 11) is 0. The van der Waals surface area contributed by atoms with E-state index in [1.165, 1.54) is 11.1 Å². The van der Waals surface area contributed by atoms with Gasteiger partial charge in [-0.05, 0) is 66.8 Å². The molecule has 0 saturated heterocycles. The molecule has 0 spiro atoms. The van der Waals surface area contributed by atoms with Gasteiger partial charge in [0.1, 0.15) is 5.75 Å². The Morgan fingerprint density at radius 2 is 1.89 bits per heavy atom. The van der Waals surface area contributed by atoms with Gasteiger partial charge in [0.15, 0.2) is 0 Å². The van der Waals surface area contributed by atoms with Crippen molar-refractivity contribution in [2.75, 3.05) is 5.32 Å². The molecule has 3 heteroatoms. The highest BCUT2D eigenvalue weighted by Gasteiger charge is 2.20. The first-order chi connectivity index (χ1) is 9.22. The number of phenols is 1. The maximum Gasteiger partial charge on any atom is 0.115 e. The van der Waals surface area contributed by atoms with E-state index in [9.17, 15) is 5.11 Å². The fourth-order valence-electron chi connectivity index (χ4n) is 2.70. The summed E-state index contributed by atoms with van der Waals surface area (Å²) >= 11 is 5.90. The van der Waals surface area contributed by atoms with E-state index in [4.69, 9.17) is 11.6 Å². The number of aromatic hydroxyl groups is 1. The second-order valence-corrected chi connectivity index (χ2v) is 5.42. The van der Waals surface area contributed by atoms with E-state index in [2.05, 4.69) is 5.32 Å². The van der Waals surface area contributed by atoms with E-state index < -0.39 is 0 Å². The summed E-state index contributed by atoms with van der Waals surface area (Å²) in [5.74, 6) is 0.353. The van der Waals surface area contributed by atoms with Gasteiger partial charge in [0.05, 0.1) is 6.04 Å². The molecule has 2 aromatic carbocycles. The standard InChI is InChI=1S/C16H16ClNO/c17-12-4-6-13(7-5-12)18-16-3-1-2-11-10-14(19)8-9-15(11)16/h4-10,16,18-19H,1-3H2. The summed E-state index contributed by atoms with van der Waals surface area (Å²) < 4.78 is 0. The monoisotopic (exact) mass is 273 g/mol. The highest BCUT2D eigenvalue weighted by Crippen LogP contribution is 2.34. The van der Waals surface area contributed by atoms with E-state index in [0.717, 1.165) is 30.0 Å². The predicted octanol–water partition coefficient (Wildman–Crippen LogP) is 4.54. The highest BCUT2D eigenvalue weighted by molar-refractivity contribution is 6.30. The first-order valence-corrected chi connectivity index (χ1v) is 6.94. The van der Waals surface area contributed by atoms with Crippen LogP contribution in [0.3, 0.4) is 0 Å². The van der Waals surface area contributed by atoms with Gasteiger partial charge < -0.3 is 10.4 Å². The zero-order chi connectivity index (χ0) is 13.2. The molecule has 0 aliphatic heterocycles. The Hall–Kier alpha value is -1.67. The summed E-state index contributed by atoms with van der Waals surface area (Å²) in [5.41, 5.74) is 3.62. The maximum atomic E-state index is 9.56. The summed E-state index contributed by atoms with van der Waals surface area (Å²) in [6, 6.07) is 13.8. The Kier molecular flexibility index (Phi) is 3.34. The van der Waals surface area contributed by atoms with E-state index in [0.29, 0.717) is 11.8 Å². The zero-order valence-corrected chi connectivity index (χ0v) is 11.3. The molecule has 0 fully saturated rings. The Morgan fingerprint density at radius 1 is 1.11 bits per heavy atom. The SMILES string of the molecule is Oc1ccc2c(c1)CCCC2Nc1ccc(Cl)cc1. The van der Waals surface area contributed by atoms with Crippen LogP contribution in [0.1, 0.15) is 30.0 Å². The number of fused-ring (bicyclic) bond motifs is 1. The van der Waals surface area contributed by atoms with Crippen molar-refractivity contribution in [3.05, 3.63) is 58.6 Å². The quantitative estimate of drug-likeness (QED) is 0.842. The largest absolute Gasteiger partial charge is 0.508 e. The Bertz CT molecular complexity index is 580. The number of benzene rings is 2. The minimum Gasteiger partial charge on any atom is -0.508 e. The van der Waals surface area contributed by atoms with Crippen LogP contribution in [0.25, 0.3) is 0 Å². The van der Waals surface area contributed by atoms with Crippen LogP contribution in [0.5, 0.6) is 5.75 Å². The molecule has 2 nitrogen and oxygen atoms in total. The number of hydrogen-bond acceptors (Lipinski definition) is 2. The number of nitrogens with one attached hydrogen (secondary N) is 1. The van der Waals surface area contributed by atoms with Crippen LogP contribution in [0.2, 0.25) is 5.02 Å². The van der Waals surface area contributed by atoms with Crippen LogP contribution < -0.4 is 5.32 Å². The van der Waals surface area contributed by atoms with Gasteiger partial charge >= 0.3 is 0 Å². The number of phenolic OH excluding ortho intramolecular Hbond substituents is 1. The molecule has 1 aliphatic rings. The van der Waals surface area contributed by atoms with Crippen LogP contribution in [0.15, 0.2) is 42.5 Å². The van der Waals surface area contributed by atoms with Crippen molar-refractivity contribution in [1.29, 1.82) is 0 Å². The number of anilines is 1. The molecular weight excluding hydrogens is 258 g/mol. The van der Waals surface area contributed by atoms with Gasteiger partial charge in [0.25, 0.3) is 0 Å². The first-order valence-electron chi connectivity index (χ1n) is 6.56. The van der Waals surface area contributed by atoms with Crippen molar-refractivity contribution >= 4 is 17.3 Å². The second-order valence-electron chi connectivity index (χ2n) is 4.98. The lowest BCUT2D eigenvalue weighted by atomic mass is 9.87. The molecule has 1 atom stereocenters. The van der Waals surface area contributed by atoms with Crippen molar-refractivity contribution in [3.63, 3.8) is 0 Å². The van der Waals surface area contributed by atoms with Crippen LogP contribution in [0, 0.1) is 0 Å². The molecule has 0 radical (unpaired) electrons. The molecule has 0 heterocycles. The Morgan fingerprint density at radius 3 is 2.68 bits per heavy atom. The van der Waals surface area contributed by atoms with E-state index in [1.807, 2.05) is 36.4 Å². The molecule has 0 bridgehead atoms. The van der Waals surface area contributed by atoms with Crippen molar-refractivity contribution in [2.45, 2.75) is 25.3 Å². The third-order valence-corrected chi connectivity index (χ3v) is 3.88. The normalized spacial score (nSPS) is 17.8. The van der Waals surface area contributed by atoms with Crippen LogP contribution in [-0.2, 0) is 6.42 Å². The molecule has 2 aromatic rings. The number of halogens is 1. The lowest BCUT2D eigenvalue weighted by molar-refractivity contribution is 0.472. The average Bonchev–Trinajstić information content (AvgIpc) is 2.41. The Balaban J connectivity index is 1.85. The molecule has 98 valence electrons. The summed E-state index contributed by atoms with van der Waals surface area (Å²) in [6.45, 7) is 0. The van der Waals surface area contributed by atoms with Crippen LogP contribution >= 0.6 is 11.6 Å². The van der Waals surface area contributed by atoms with E-state index in [-0.39, 0.29) is 0 Å². The van der Waals surface area contributed by atoms with Gasteiger partial charge in [-0.1, -0.05) is 17.7 Å². The summed E-state index contributed by atoms with van der Waals surface area (Å²) in [6.07, 6.45) is 3.30. The summed E-state index contributed by atoms with van der Waals surface area (Å²) in [4.78, 5) is 0. The van der Waals surface area contributed by atoms with Gasteiger partial charge in [-0.2, -0.15) is 0 Å². The fraction of sp³-hybridized carbons (Fsp3) is 0.250. The molecule has 0 saturated carbocycles. The third kappa shape index (κ3) is 2.69. The molecule has 19 heavy (non-hydrogen) atoms. The summed E-state index contributed by atoms with van der Waals surface area (Å²) in [5, 5.41) is 13.9. The molecule has 1 aliphatic carbocycles. The topological polar surface area (TPSA) is 32.3 Å². The van der Waals surface area contributed by atoms with Crippen molar-refractivity contribution < 1.29 is 5.11 Å². The lowest BCUT2D eigenvalue weighted by Gasteiger charge is -2.27. The van der Waals surface area contributed by atoms with Gasteiger partial charge in [-0.15, -0.1) is 0 Å². The van der Waals surface area contributed by atoms with E-state index in [1.54, 1.807) is 6.07 Å². The predicted molar refractivity (Wildman–Crippen MR) is 78.9 cm³/mol. The van der Waals surface area contributed by atoms with Gasteiger partial charge in [-0.25, -0.2) is 0 Å². The van der Waals surface area contributed by atoms with Crippen molar-refractivity contribution in [3.8, 4) is 5.75 Å². The van der Waals surface area contributed by atoms with Gasteiger partial charge in [0.2, 0.25) is 0 Å². The number of hydrogen-bond donors (Lipinski definition) is 2. The molecular formula is C16H16ClNO. The first kappa shape index (κ1) is 12.4. The number of rotatable bonds is 2. The Labute approximate surface area is 118 Å². The van der Waals surface area contributed by atoms with Crippen molar-refractivity contribution in [2.24, 2.45) is 0 Å². The average molecular weight is 274 g/mol. The van der Waals surface area contributed by atoms with Crippen molar-refractivity contribution in [1.82, 2.24) is 0 Å². The van der Waals surface area contributed by atoms with Gasteiger partial charge in [0, 0.05) is 10.7 Å². The third-order valence-electron chi connectivity index (χ3n) is 3.63. The molecule has 1 unspecified atom stereocenters. The molecule has 3 rings (SSSR count). The minimum absolute atomic E-state index is 0.311. The fourth-order valence-corrected chi connectivity index (χ4v) is 2.82. The minimum atomic E-state index is 0.311. The van der Waals surface area contributed by atoms with E-state index >= 15 is 0 Å². The molecule has 0 aromatic heterocycles. The van der Waals surface area contributed by atoms with Gasteiger partial charge in [-0.3, -0.25) is 0 Å². The number of aryl methyl sites for hydroxylation is 1. The molecule has 0 amide bonds. The van der Waals surface area contributed by atoms with Crippen LogP contribution in [0.4, 0.5) is 5.69 Å². The zero-order valence-electron chi connectivity index (χ0n) is 10.6. The lowest BCUT2D eigenvalue weighted by Crippen LogP contribution is -2.17. The second kappa shape index (κ2) is 5.14. The smallest absolute Gasteiger partial charge is 0.115 e. The maximum absolute atomic E-state index is 9.56.